The van der Waals surface area contributed by atoms with Crippen LogP contribution in [-0.4, -0.2) is 25.8 Å². The highest BCUT2D eigenvalue weighted by molar-refractivity contribution is 5.49. The van der Waals surface area contributed by atoms with Crippen LogP contribution in [0.3, 0.4) is 0 Å². The lowest BCUT2D eigenvalue weighted by molar-refractivity contribution is 0.242. The van der Waals surface area contributed by atoms with E-state index in [2.05, 4.69) is 10.6 Å². The molecule has 2 aromatic carbocycles. The fourth-order valence-electron chi connectivity index (χ4n) is 2.20. The molecule has 0 unspecified atom stereocenters. The summed E-state index contributed by atoms with van der Waals surface area (Å²) in [5, 5.41) is 6.77. The molecule has 0 aliphatic heterocycles. The van der Waals surface area contributed by atoms with Crippen molar-refractivity contribution in [1.29, 1.82) is 0 Å². The van der Waals surface area contributed by atoms with Gasteiger partial charge in [0.2, 0.25) is 0 Å². The number of hydrogen-bond acceptors (Lipinski definition) is 4. The Labute approximate surface area is 138 Å². The van der Waals surface area contributed by atoms with Crippen molar-refractivity contribution in [2.75, 3.05) is 30.3 Å². The normalized spacial score (nSPS) is 10.4. The van der Waals surface area contributed by atoms with Crippen molar-refractivity contribution in [3.8, 4) is 11.5 Å². The zero-order chi connectivity index (χ0) is 16.5. The molecule has 0 radical (unpaired) electrons. The summed E-state index contributed by atoms with van der Waals surface area (Å²) < 4.78 is 11.1. The third-order valence-corrected chi connectivity index (χ3v) is 3.15. The lowest BCUT2D eigenvalue weighted by atomic mass is 10.3. The Kier molecular flexibility index (Phi) is 6.60. The molecule has 2 N–H and O–H groups in total. The molecule has 0 saturated carbocycles. The number of benzene rings is 2. The van der Waals surface area contributed by atoms with Gasteiger partial charge in [0.15, 0.2) is 0 Å². The SMILES string of the molecule is CCOc1cccc(NCCNc2ccc(OC(C)C)cc2)c1. The molecule has 0 aliphatic carbocycles. The van der Waals surface area contributed by atoms with E-state index in [1.165, 1.54) is 0 Å². The first-order valence-electron chi connectivity index (χ1n) is 8.14. The van der Waals surface area contributed by atoms with E-state index in [-0.39, 0.29) is 6.10 Å². The predicted octanol–water partition coefficient (Wildman–Crippen LogP) is 4.40. The van der Waals surface area contributed by atoms with Gasteiger partial charge in [0.1, 0.15) is 11.5 Å². The summed E-state index contributed by atoms with van der Waals surface area (Å²) in [6.07, 6.45) is 0.200. The van der Waals surface area contributed by atoms with Crippen molar-refractivity contribution in [3.05, 3.63) is 48.5 Å². The minimum absolute atomic E-state index is 0.200. The topological polar surface area (TPSA) is 42.5 Å². The van der Waals surface area contributed by atoms with Crippen LogP contribution in [0.4, 0.5) is 11.4 Å². The predicted molar refractivity (Wildman–Crippen MR) is 96.8 cm³/mol. The van der Waals surface area contributed by atoms with Crippen LogP contribution in [0.25, 0.3) is 0 Å². The molecular formula is C19H26N2O2. The van der Waals surface area contributed by atoms with Crippen molar-refractivity contribution in [2.24, 2.45) is 0 Å². The molecule has 0 fully saturated rings. The molecular weight excluding hydrogens is 288 g/mol. The standard InChI is InChI=1S/C19H26N2O2/c1-4-22-19-7-5-6-17(14-19)21-13-12-20-16-8-10-18(11-9-16)23-15(2)3/h5-11,14-15,20-21H,4,12-13H2,1-3H3. The second-order valence-electron chi connectivity index (χ2n) is 5.51. The Morgan fingerprint density at radius 3 is 2.22 bits per heavy atom. The van der Waals surface area contributed by atoms with Crippen LogP contribution in [0, 0.1) is 0 Å². The smallest absolute Gasteiger partial charge is 0.121 e. The monoisotopic (exact) mass is 314 g/mol. The summed E-state index contributed by atoms with van der Waals surface area (Å²) in [5.74, 6) is 1.79. The molecule has 0 aliphatic rings. The van der Waals surface area contributed by atoms with Gasteiger partial charge in [0, 0.05) is 30.5 Å². The fourth-order valence-corrected chi connectivity index (χ4v) is 2.20. The zero-order valence-electron chi connectivity index (χ0n) is 14.1. The molecule has 0 spiro atoms. The fraction of sp³-hybridized carbons (Fsp3) is 0.368. The van der Waals surface area contributed by atoms with Crippen LogP contribution >= 0.6 is 0 Å². The van der Waals surface area contributed by atoms with Crippen LogP contribution in [0.2, 0.25) is 0 Å². The summed E-state index contributed by atoms with van der Waals surface area (Å²) in [6.45, 7) is 8.39. The van der Waals surface area contributed by atoms with E-state index >= 15 is 0 Å². The highest BCUT2D eigenvalue weighted by Gasteiger charge is 1.98. The Morgan fingerprint density at radius 1 is 0.870 bits per heavy atom. The molecule has 0 saturated heterocycles. The van der Waals surface area contributed by atoms with Crippen molar-refractivity contribution in [3.63, 3.8) is 0 Å². The van der Waals surface area contributed by atoms with Gasteiger partial charge in [-0.1, -0.05) is 6.07 Å². The molecule has 0 heterocycles. The van der Waals surface area contributed by atoms with Gasteiger partial charge in [-0.05, 0) is 57.2 Å². The average molecular weight is 314 g/mol. The van der Waals surface area contributed by atoms with Crippen LogP contribution < -0.4 is 20.1 Å². The molecule has 0 atom stereocenters. The quantitative estimate of drug-likeness (QED) is 0.673. The van der Waals surface area contributed by atoms with Crippen LogP contribution in [0.15, 0.2) is 48.5 Å². The molecule has 23 heavy (non-hydrogen) atoms. The Hall–Kier alpha value is -2.36. The first-order chi connectivity index (χ1) is 11.2. The Morgan fingerprint density at radius 2 is 1.57 bits per heavy atom. The lowest BCUT2D eigenvalue weighted by Gasteiger charge is -2.12. The second-order valence-corrected chi connectivity index (χ2v) is 5.51. The van der Waals surface area contributed by atoms with E-state index in [9.17, 15) is 0 Å². The van der Waals surface area contributed by atoms with Gasteiger partial charge in [0.05, 0.1) is 12.7 Å². The summed E-state index contributed by atoms with van der Waals surface area (Å²) in [4.78, 5) is 0. The number of hydrogen-bond donors (Lipinski definition) is 2. The van der Waals surface area contributed by atoms with Gasteiger partial charge in [-0.25, -0.2) is 0 Å². The van der Waals surface area contributed by atoms with Crippen LogP contribution in [-0.2, 0) is 0 Å². The molecule has 0 bridgehead atoms. The maximum Gasteiger partial charge on any atom is 0.121 e. The molecule has 0 aromatic heterocycles. The second kappa shape index (κ2) is 8.93. The molecule has 0 amide bonds. The number of nitrogens with one attached hydrogen (secondary N) is 2. The van der Waals surface area contributed by atoms with Crippen molar-refractivity contribution in [2.45, 2.75) is 26.9 Å². The number of rotatable bonds is 9. The van der Waals surface area contributed by atoms with Gasteiger partial charge >= 0.3 is 0 Å². The minimum atomic E-state index is 0.200. The zero-order valence-corrected chi connectivity index (χ0v) is 14.1. The maximum atomic E-state index is 5.63. The summed E-state index contributed by atoms with van der Waals surface area (Å²) in [5.41, 5.74) is 2.16. The van der Waals surface area contributed by atoms with Crippen LogP contribution in [0.5, 0.6) is 11.5 Å². The largest absolute Gasteiger partial charge is 0.494 e. The highest BCUT2D eigenvalue weighted by Crippen LogP contribution is 2.18. The molecule has 4 nitrogen and oxygen atoms in total. The number of anilines is 2. The molecule has 4 heteroatoms. The van der Waals surface area contributed by atoms with E-state index in [0.29, 0.717) is 6.61 Å². The molecule has 124 valence electrons. The third-order valence-electron chi connectivity index (χ3n) is 3.15. The van der Waals surface area contributed by atoms with Crippen molar-refractivity contribution in [1.82, 2.24) is 0 Å². The minimum Gasteiger partial charge on any atom is -0.494 e. The van der Waals surface area contributed by atoms with Crippen LogP contribution in [0.1, 0.15) is 20.8 Å². The summed E-state index contributed by atoms with van der Waals surface area (Å²) in [6, 6.07) is 16.1. The van der Waals surface area contributed by atoms with Gasteiger partial charge in [-0.15, -0.1) is 0 Å². The summed E-state index contributed by atoms with van der Waals surface area (Å²) in [7, 11) is 0. The van der Waals surface area contributed by atoms with Crippen molar-refractivity contribution < 1.29 is 9.47 Å². The van der Waals surface area contributed by atoms with Gasteiger partial charge < -0.3 is 20.1 Å². The third kappa shape index (κ3) is 6.10. The van der Waals surface area contributed by atoms with E-state index < -0.39 is 0 Å². The summed E-state index contributed by atoms with van der Waals surface area (Å²) >= 11 is 0. The van der Waals surface area contributed by atoms with Gasteiger partial charge in [-0.3, -0.25) is 0 Å². The number of ether oxygens (including phenoxy) is 2. The van der Waals surface area contributed by atoms with Gasteiger partial charge in [0.25, 0.3) is 0 Å². The van der Waals surface area contributed by atoms with E-state index in [4.69, 9.17) is 9.47 Å². The van der Waals surface area contributed by atoms with E-state index in [1.807, 2.05) is 69.3 Å². The van der Waals surface area contributed by atoms with Crippen molar-refractivity contribution >= 4 is 11.4 Å². The molecule has 2 aromatic rings. The highest BCUT2D eigenvalue weighted by atomic mass is 16.5. The lowest BCUT2D eigenvalue weighted by Crippen LogP contribution is -2.13. The van der Waals surface area contributed by atoms with E-state index in [0.717, 1.165) is 36.0 Å². The van der Waals surface area contributed by atoms with E-state index in [1.54, 1.807) is 0 Å². The molecule has 2 rings (SSSR count). The average Bonchev–Trinajstić information content (AvgIpc) is 2.53. The first-order valence-corrected chi connectivity index (χ1v) is 8.14. The first kappa shape index (κ1) is 17.0. The van der Waals surface area contributed by atoms with Gasteiger partial charge in [-0.2, -0.15) is 0 Å². The Balaban J connectivity index is 1.73. The Bertz CT molecular complexity index is 582. The maximum absolute atomic E-state index is 5.63.